The van der Waals surface area contributed by atoms with E-state index >= 15 is 0 Å². The van der Waals surface area contributed by atoms with E-state index in [1.54, 1.807) is 0 Å². The SMILES string of the molecule is CC1(C)OC(CCl)CS1. The van der Waals surface area contributed by atoms with Gasteiger partial charge in [0.15, 0.2) is 0 Å². The van der Waals surface area contributed by atoms with Gasteiger partial charge in [-0.25, -0.2) is 0 Å². The molecule has 1 aliphatic rings. The predicted octanol–water partition coefficient (Wildman–Crippen LogP) is 2.09. The molecule has 9 heavy (non-hydrogen) atoms. The second kappa shape index (κ2) is 2.69. The highest BCUT2D eigenvalue weighted by molar-refractivity contribution is 8.00. The molecule has 1 heterocycles. The number of alkyl halides is 1. The molecule has 1 fully saturated rings. The Morgan fingerprint density at radius 1 is 1.78 bits per heavy atom. The zero-order valence-electron chi connectivity index (χ0n) is 5.69. The summed E-state index contributed by atoms with van der Waals surface area (Å²) >= 11 is 7.42. The summed E-state index contributed by atoms with van der Waals surface area (Å²) in [6, 6.07) is 0. The Kier molecular flexibility index (Phi) is 2.30. The van der Waals surface area contributed by atoms with Gasteiger partial charge < -0.3 is 4.74 Å². The molecule has 0 N–H and O–H groups in total. The standard InChI is InChI=1S/C6H11ClOS/c1-6(2)8-5(3-7)4-9-6/h5H,3-4H2,1-2H3. The molecule has 0 saturated carbocycles. The lowest BCUT2D eigenvalue weighted by Gasteiger charge is -2.16. The van der Waals surface area contributed by atoms with Gasteiger partial charge >= 0.3 is 0 Å². The monoisotopic (exact) mass is 166 g/mol. The average molecular weight is 167 g/mol. The fourth-order valence-corrected chi connectivity index (χ4v) is 2.12. The Hall–Kier alpha value is 0.600. The number of thioether (sulfide) groups is 1. The summed E-state index contributed by atoms with van der Waals surface area (Å²) in [5, 5.41) is 0. The normalized spacial score (nSPS) is 33.0. The van der Waals surface area contributed by atoms with E-state index in [1.807, 2.05) is 11.8 Å². The van der Waals surface area contributed by atoms with Crippen LogP contribution in [0.4, 0.5) is 0 Å². The molecule has 1 aliphatic heterocycles. The number of hydrogen-bond acceptors (Lipinski definition) is 2. The van der Waals surface area contributed by atoms with Crippen LogP contribution in [0.3, 0.4) is 0 Å². The van der Waals surface area contributed by atoms with Crippen molar-refractivity contribution in [2.24, 2.45) is 0 Å². The van der Waals surface area contributed by atoms with E-state index in [-0.39, 0.29) is 11.0 Å². The second-order valence-electron chi connectivity index (χ2n) is 2.60. The van der Waals surface area contributed by atoms with Crippen LogP contribution in [-0.2, 0) is 4.74 Å². The van der Waals surface area contributed by atoms with E-state index in [9.17, 15) is 0 Å². The van der Waals surface area contributed by atoms with Gasteiger partial charge in [-0.05, 0) is 13.8 Å². The topological polar surface area (TPSA) is 9.23 Å². The Bertz CT molecular complexity index is 105. The number of rotatable bonds is 1. The van der Waals surface area contributed by atoms with Gasteiger partial charge in [-0.1, -0.05) is 0 Å². The van der Waals surface area contributed by atoms with E-state index in [0.29, 0.717) is 5.88 Å². The van der Waals surface area contributed by atoms with Gasteiger partial charge in [-0.15, -0.1) is 23.4 Å². The van der Waals surface area contributed by atoms with Crippen LogP contribution in [0.25, 0.3) is 0 Å². The zero-order valence-corrected chi connectivity index (χ0v) is 7.26. The fraction of sp³-hybridized carbons (Fsp3) is 1.00. The molecule has 0 aromatic carbocycles. The Labute approximate surface area is 65.1 Å². The van der Waals surface area contributed by atoms with Crippen molar-refractivity contribution < 1.29 is 4.74 Å². The highest BCUT2D eigenvalue weighted by atomic mass is 35.5. The highest BCUT2D eigenvalue weighted by Crippen LogP contribution is 2.35. The predicted molar refractivity (Wildman–Crippen MR) is 42.1 cm³/mol. The van der Waals surface area contributed by atoms with Crippen LogP contribution >= 0.6 is 23.4 Å². The maximum absolute atomic E-state index is 5.60. The third kappa shape index (κ3) is 2.03. The average Bonchev–Trinajstić information content (AvgIpc) is 2.10. The van der Waals surface area contributed by atoms with Crippen molar-refractivity contribution in [1.82, 2.24) is 0 Å². The lowest BCUT2D eigenvalue weighted by atomic mass is 10.4. The van der Waals surface area contributed by atoms with Gasteiger partial charge in [0, 0.05) is 11.6 Å². The molecule has 3 heteroatoms. The molecule has 1 saturated heterocycles. The summed E-state index contributed by atoms with van der Waals surface area (Å²) in [6.07, 6.45) is 0.270. The van der Waals surface area contributed by atoms with E-state index in [2.05, 4.69) is 13.8 Å². The number of halogens is 1. The summed E-state index contributed by atoms with van der Waals surface area (Å²) in [5.41, 5.74) is 0. The molecule has 1 nitrogen and oxygen atoms in total. The Balaban J connectivity index is 2.38. The van der Waals surface area contributed by atoms with Crippen molar-refractivity contribution in [3.8, 4) is 0 Å². The molecule has 0 aromatic heterocycles. The van der Waals surface area contributed by atoms with Crippen molar-refractivity contribution in [3.63, 3.8) is 0 Å². The van der Waals surface area contributed by atoms with Crippen molar-refractivity contribution in [1.29, 1.82) is 0 Å². The molecular formula is C6H11ClOS. The second-order valence-corrected chi connectivity index (χ2v) is 4.52. The molecule has 1 rings (SSSR count). The van der Waals surface area contributed by atoms with Crippen LogP contribution in [0.1, 0.15) is 13.8 Å². The summed E-state index contributed by atoms with van der Waals surface area (Å²) in [4.78, 5) is -0.000440. The summed E-state index contributed by atoms with van der Waals surface area (Å²) < 4.78 is 5.53. The smallest absolute Gasteiger partial charge is 0.108 e. The first kappa shape index (κ1) is 7.70. The van der Waals surface area contributed by atoms with Gasteiger partial charge in [0.05, 0.1) is 6.10 Å². The molecular weight excluding hydrogens is 156 g/mol. The van der Waals surface area contributed by atoms with E-state index < -0.39 is 0 Å². The zero-order chi connectivity index (χ0) is 6.91. The van der Waals surface area contributed by atoms with Gasteiger partial charge in [0.2, 0.25) is 0 Å². The molecule has 0 amide bonds. The fourth-order valence-electron chi connectivity index (χ4n) is 0.839. The summed E-state index contributed by atoms with van der Waals surface area (Å²) in [7, 11) is 0. The van der Waals surface area contributed by atoms with Crippen LogP contribution < -0.4 is 0 Å². The van der Waals surface area contributed by atoms with Crippen LogP contribution in [-0.4, -0.2) is 22.7 Å². The quantitative estimate of drug-likeness (QED) is 0.552. The lowest BCUT2D eigenvalue weighted by Crippen LogP contribution is -2.19. The summed E-state index contributed by atoms with van der Waals surface area (Å²) in [5.74, 6) is 1.66. The van der Waals surface area contributed by atoms with Crippen LogP contribution in [0.2, 0.25) is 0 Å². The number of hydrogen-bond donors (Lipinski definition) is 0. The van der Waals surface area contributed by atoms with E-state index in [1.165, 1.54) is 0 Å². The number of ether oxygens (including phenoxy) is 1. The van der Waals surface area contributed by atoms with Crippen molar-refractivity contribution in [2.45, 2.75) is 24.9 Å². The van der Waals surface area contributed by atoms with Crippen LogP contribution in [0, 0.1) is 0 Å². The first-order chi connectivity index (χ1) is 4.14. The molecule has 54 valence electrons. The van der Waals surface area contributed by atoms with Gasteiger partial charge in [-0.2, -0.15) is 0 Å². The third-order valence-corrected chi connectivity index (χ3v) is 2.91. The van der Waals surface area contributed by atoms with Crippen molar-refractivity contribution in [3.05, 3.63) is 0 Å². The van der Waals surface area contributed by atoms with Crippen LogP contribution in [0.15, 0.2) is 0 Å². The first-order valence-electron chi connectivity index (χ1n) is 3.02. The molecule has 0 radical (unpaired) electrons. The van der Waals surface area contributed by atoms with Gasteiger partial charge in [0.25, 0.3) is 0 Å². The van der Waals surface area contributed by atoms with Crippen molar-refractivity contribution >= 4 is 23.4 Å². The summed E-state index contributed by atoms with van der Waals surface area (Å²) in [6.45, 7) is 4.15. The van der Waals surface area contributed by atoms with Gasteiger partial charge in [0.1, 0.15) is 4.93 Å². The molecule has 0 aromatic rings. The Morgan fingerprint density at radius 3 is 2.67 bits per heavy atom. The van der Waals surface area contributed by atoms with Crippen LogP contribution in [0.5, 0.6) is 0 Å². The molecule has 0 aliphatic carbocycles. The Morgan fingerprint density at radius 2 is 2.44 bits per heavy atom. The maximum Gasteiger partial charge on any atom is 0.108 e. The minimum absolute atomic E-state index is 0.000440. The van der Waals surface area contributed by atoms with Gasteiger partial charge in [-0.3, -0.25) is 0 Å². The van der Waals surface area contributed by atoms with E-state index in [0.717, 1.165) is 5.75 Å². The highest BCUT2D eigenvalue weighted by Gasteiger charge is 2.31. The molecule has 1 unspecified atom stereocenters. The third-order valence-electron chi connectivity index (χ3n) is 1.24. The molecule has 0 bridgehead atoms. The molecule has 1 atom stereocenters. The maximum atomic E-state index is 5.60. The minimum atomic E-state index is -0.000440. The molecule has 0 spiro atoms. The van der Waals surface area contributed by atoms with Crippen molar-refractivity contribution in [2.75, 3.05) is 11.6 Å². The van der Waals surface area contributed by atoms with E-state index in [4.69, 9.17) is 16.3 Å². The largest absolute Gasteiger partial charge is 0.360 e. The minimum Gasteiger partial charge on any atom is -0.360 e. The first-order valence-corrected chi connectivity index (χ1v) is 4.54. The lowest BCUT2D eigenvalue weighted by molar-refractivity contribution is 0.0277.